The summed E-state index contributed by atoms with van der Waals surface area (Å²) in [5.74, 6) is -2.31. The molecule has 45 heavy (non-hydrogen) atoms. The van der Waals surface area contributed by atoms with Crippen LogP contribution in [0.2, 0.25) is 0 Å². The van der Waals surface area contributed by atoms with Gasteiger partial charge in [-0.15, -0.1) is 0 Å². The van der Waals surface area contributed by atoms with E-state index in [0.717, 1.165) is 39.7 Å². The molecule has 1 aromatic carbocycles. The van der Waals surface area contributed by atoms with E-state index in [2.05, 4.69) is 45.6 Å². The number of hydrogen-bond donors (Lipinski definition) is 2. The summed E-state index contributed by atoms with van der Waals surface area (Å²) >= 11 is 0. The molecular formula is C32H43N3O9S. The van der Waals surface area contributed by atoms with Crippen LogP contribution in [0.3, 0.4) is 0 Å². The lowest BCUT2D eigenvalue weighted by Crippen LogP contribution is -2.56. The fourth-order valence-electron chi connectivity index (χ4n) is 5.21. The van der Waals surface area contributed by atoms with Crippen molar-refractivity contribution in [2.75, 3.05) is 36.8 Å². The molecule has 2 aliphatic rings. The third-order valence-corrected chi connectivity index (χ3v) is 8.39. The van der Waals surface area contributed by atoms with Gasteiger partial charge in [0, 0.05) is 49.9 Å². The number of barbiturate groups is 1. The number of unbranched alkanes of at least 4 members (excludes halogenated alkanes) is 2. The second kappa shape index (κ2) is 14.9. The van der Waals surface area contributed by atoms with Crippen LogP contribution in [0, 0.1) is 5.41 Å². The van der Waals surface area contributed by atoms with E-state index in [1.807, 2.05) is 18.2 Å². The summed E-state index contributed by atoms with van der Waals surface area (Å²) < 4.78 is 37.8. The number of hydrogen-bond acceptors (Lipinski definition) is 8. The number of anilines is 1. The molecule has 1 saturated heterocycles. The van der Waals surface area contributed by atoms with E-state index < -0.39 is 39.7 Å². The Morgan fingerprint density at radius 3 is 2.13 bits per heavy atom. The molecule has 3 rings (SSSR count). The molecule has 4 amide bonds. The molecule has 1 aromatic rings. The molecule has 0 unspecified atom stereocenters. The Hall–Kier alpha value is -3.97. The standard InChI is InChI=1S/C32H43N3O9S/c1-6-33(7-2)22-13-15-24-26(32(3,4)5)21-23(44-27(24)20-22)14-16-25-29(38)34(17-10-8-9-12-28(36)37)31(40)35(30(25)39)18-11-19-45(41,42)43/h13-16,20-21H,6-12,17-19H2,1-5H3,(H,36,37)(H,41,42,43). The molecule has 0 spiro atoms. The van der Waals surface area contributed by atoms with Gasteiger partial charge in [0.05, 0.1) is 5.75 Å². The van der Waals surface area contributed by atoms with Gasteiger partial charge < -0.3 is 14.7 Å². The molecule has 0 saturated carbocycles. The Kier molecular flexibility index (Phi) is 11.7. The number of imide groups is 2. The lowest BCUT2D eigenvalue weighted by atomic mass is 9.80. The van der Waals surface area contributed by atoms with Gasteiger partial charge in [0.15, 0.2) is 0 Å². The van der Waals surface area contributed by atoms with Crippen molar-refractivity contribution in [3.05, 3.63) is 53.3 Å². The van der Waals surface area contributed by atoms with E-state index in [9.17, 15) is 27.6 Å². The van der Waals surface area contributed by atoms with Crippen molar-refractivity contribution >= 4 is 45.2 Å². The van der Waals surface area contributed by atoms with Gasteiger partial charge in [0.25, 0.3) is 21.9 Å². The molecule has 12 nitrogen and oxygen atoms in total. The molecule has 2 heterocycles. The maximum atomic E-state index is 13.4. The number of nitrogens with zero attached hydrogens (tertiary/aromatic N) is 3. The smallest absolute Gasteiger partial charge is 0.333 e. The van der Waals surface area contributed by atoms with E-state index in [1.165, 1.54) is 12.2 Å². The number of benzene rings is 1. The Balaban J connectivity index is 1.98. The number of allylic oxidation sites excluding steroid dienone is 4. The van der Waals surface area contributed by atoms with Crippen LogP contribution in [0.5, 0.6) is 5.75 Å². The first-order valence-corrected chi connectivity index (χ1v) is 16.7. The SMILES string of the molecule is CCN(CC)c1ccc2c(c1)OC(=CC=C1C(=O)N(CCCCCC(=O)O)C(=O)N(CCCS(=O)(=O)O)C1=O)C=C2C(C)(C)C. The number of carbonyl (C=O) groups is 4. The average molecular weight is 646 g/mol. The fourth-order valence-corrected chi connectivity index (χ4v) is 5.71. The summed E-state index contributed by atoms with van der Waals surface area (Å²) in [6, 6.07) is 5.13. The highest BCUT2D eigenvalue weighted by Crippen LogP contribution is 2.44. The van der Waals surface area contributed by atoms with Crippen molar-refractivity contribution in [2.24, 2.45) is 5.41 Å². The number of fused-ring (bicyclic) bond motifs is 1. The van der Waals surface area contributed by atoms with Crippen molar-refractivity contribution < 1.29 is 42.0 Å². The molecule has 0 aromatic heterocycles. The van der Waals surface area contributed by atoms with Gasteiger partial charge in [-0.25, -0.2) is 4.79 Å². The minimum Gasteiger partial charge on any atom is -0.481 e. The van der Waals surface area contributed by atoms with Gasteiger partial charge in [0.2, 0.25) is 0 Å². The fraction of sp³-hybridized carbons (Fsp3) is 0.500. The molecule has 2 N–H and O–H groups in total. The van der Waals surface area contributed by atoms with Crippen LogP contribution in [0.15, 0.2) is 47.8 Å². The minimum atomic E-state index is -4.33. The van der Waals surface area contributed by atoms with Crippen LogP contribution in [-0.2, 0) is 24.5 Å². The van der Waals surface area contributed by atoms with Crippen molar-refractivity contribution in [2.45, 2.75) is 66.7 Å². The van der Waals surface area contributed by atoms with E-state index in [-0.39, 0.29) is 36.9 Å². The number of urea groups is 1. The number of aliphatic carboxylic acids is 1. The summed E-state index contributed by atoms with van der Waals surface area (Å²) in [6.45, 7) is 11.6. The van der Waals surface area contributed by atoms with Gasteiger partial charge >= 0.3 is 12.0 Å². The maximum absolute atomic E-state index is 13.4. The molecule has 0 aliphatic carbocycles. The average Bonchev–Trinajstić information content (AvgIpc) is 2.95. The number of carbonyl (C=O) groups excluding carboxylic acids is 3. The van der Waals surface area contributed by atoms with E-state index in [4.69, 9.17) is 14.4 Å². The molecule has 0 bridgehead atoms. The number of rotatable bonds is 14. The maximum Gasteiger partial charge on any atom is 0.333 e. The van der Waals surface area contributed by atoms with Crippen molar-refractivity contribution in [1.29, 1.82) is 0 Å². The van der Waals surface area contributed by atoms with Crippen molar-refractivity contribution in [3.63, 3.8) is 0 Å². The second-order valence-corrected chi connectivity index (χ2v) is 13.5. The van der Waals surface area contributed by atoms with Crippen molar-refractivity contribution in [3.8, 4) is 5.75 Å². The van der Waals surface area contributed by atoms with Crippen LogP contribution in [0.4, 0.5) is 10.5 Å². The summed E-state index contributed by atoms with van der Waals surface area (Å²) in [5, 5.41) is 8.87. The largest absolute Gasteiger partial charge is 0.481 e. The molecular weight excluding hydrogens is 602 g/mol. The monoisotopic (exact) mass is 645 g/mol. The first-order valence-electron chi connectivity index (χ1n) is 15.1. The quantitative estimate of drug-likeness (QED) is 0.123. The highest BCUT2D eigenvalue weighted by molar-refractivity contribution is 7.85. The zero-order chi connectivity index (χ0) is 33.5. The summed E-state index contributed by atoms with van der Waals surface area (Å²) in [6.07, 6.45) is 5.49. The number of carboxylic acids is 1. The van der Waals surface area contributed by atoms with Crippen LogP contribution in [0.1, 0.15) is 72.3 Å². The third kappa shape index (κ3) is 9.27. The third-order valence-electron chi connectivity index (χ3n) is 7.59. The van der Waals surface area contributed by atoms with E-state index >= 15 is 0 Å². The predicted molar refractivity (Wildman–Crippen MR) is 170 cm³/mol. The number of ether oxygens (including phenoxy) is 1. The van der Waals surface area contributed by atoms with E-state index in [1.54, 1.807) is 0 Å². The zero-order valence-corrected chi connectivity index (χ0v) is 27.4. The predicted octanol–water partition coefficient (Wildman–Crippen LogP) is 4.88. The second-order valence-electron chi connectivity index (χ2n) is 12.0. The van der Waals surface area contributed by atoms with Crippen molar-refractivity contribution in [1.82, 2.24) is 9.80 Å². The molecule has 0 atom stereocenters. The molecule has 13 heteroatoms. The lowest BCUT2D eigenvalue weighted by Gasteiger charge is -2.34. The van der Waals surface area contributed by atoms with Crippen LogP contribution in [-0.4, -0.2) is 83.6 Å². The summed E-state index contributed by atoms with van der Waals surface area (Å²) in [4.78, 5) is 54.7. The summed E-state index contributed by atoms with van der Waals surface area (Å²) in [5.41, 5.74) is 2.33. The highest BCUT2D eigenvalue weighted by atomic mass is 32.2. The zero-order valence-electron chi connectivity index (χ0n) is 26.5. The number of carboxylic acid groups (broad SMARTS) is 1. The van der Waals surface area contributed by atoms with Gasteiger partial charge in [-0.1, -0.05) is 27.2 Å². The Bertz CT molecular complexity index is 1520. The van der Waals surface area contributed by atoms with Gasteiger partial charge in [-0.3, -0.25) is 28.7 Å². The van der Waals surface area contributed by atoms with Crippen LogP contribution in [0.25, 0.3) is 5.57 Å². The van der Waals surface area contributed by atoms with Gasteiger partial charge in [-0.2, -0.15) is 8.42 Å². The first-order chi connectivity index (χ1) is 21.1. The molecule has 246 valence electrons. The van der Waals surface area contributed by atoms with E-state index in [0.29, 0.717) is 30.8 Å². The van der Waals surface area contributed by atoms with Crippen LogP contribution < -0.4 is 9.64 Å². The normalized spacial score (nSPS) is 17.5. The Labute approximate surface area is 264 Å². The van der Waals surface area contributed by atoms with Gasteiger partial charge in [0.1, 0.15) is 17.1 Å². The molecule has 0 radical (unpaired) electrons. The Morgan fingerprint density at radius 1 is 0.956 bits per heavy atom. The van der Waals surface area contributed by atoms with Gasteiger partial charge in [-0.05, 0) is 74.5 Å². The van der Waals surface area contributed by atoms with Crippen LogP contribution >= 0.6 is 0 Å². The summed E-state index contributed by atoms with van der Waals surface area (Å²) in [7, 11) is -4.33. The molecule has 2 aliphatic heterocycles. The highest BCUT2D eigenvalue weighted by Gasteiger charge is 2.41. The Morgan fingerprint density at radius 2 is 1.58 bits per heavy atom. The topological polar surface area (TPSA) is 162 Å². The minimum absolute atomic E-state index is 0.0511. The lowest BCUT2D eigenvalue weighted by molar-refractivity contribution is -0.138. The molecule has 1 fully saturated rings. The number of amides is 4. The first kappa shape index (κ1) is 35.5.